The van der Waals surface area contributed by atoms with E-state index in [1.54, 1.807) is 0 Å². The summed E-state index contributed by atoms with van der Waals surface area (Å²) in [5, 5.41) is 11.0. The number of fused-ring (bicyclic) bond motifs is 2. The van der Waals surface area contributed by atoms with Crippen molar-refractivity contribution < 1.29 is 14.6 Å². The summed E-state index contributed by atoms with van der Waals surface area (Å²) < 4.78 is 8.08. The molecular weight excluding hydrogens is 352 g/mol. The molecule has 1 saturated heterocycles. The number of aromatic nitrogens is 1. The number of nitrogens with zero attached hydrogens (tertiary/aromatic N) is 2. The van der Waals surface area contributed by atoms with E-state index >= 15 is 0 Å². The molecular formula is C23H30N2O3. The average molecular weight is 383 g/mol. The van der Waals surface area contributed by atoms with Crippen LogP contribution in [0.4, 0.5) is 0 Å². The van der Waals surface area contributed by atoms with Crippen LogP contribution in [0, 0.1) is 5.92 Å². The third kappa shape index (κ3) is 2.79. The molecule has 0 bridgehead atoms. The van der Waals surface area contributed by atoms with Crippen LogP contribution in [-0.2, 0) is 16.0 Å². The second-order valence-electron chi connectivity index (χ2n) is 9.06. The smallest absolute Gasteiger partial charge is 0.307 e. The number of hydrogen-bond acceptors (Lipinski definition) is 3. The van der Waals surface area contributed by atoms with Gasteiger partial charge in [0, 0.05) is 48.8 Å². The molecule has 3 atom stereocenters. The van der Waals surface area contributed by atoms with Gasteiger partial charge in [0.25, 0.3) is 0 Å². The molecule has 5 rings (SSSR count). The third-order valence-corrected chi connectivity index (χ3v) is 7.59. The first-order chi connectivity index (χ1) is 13.6. The lowest BCUT2D eigenvalue weighted by Gasteiger charge is -2.44. The zero-order valence-electron chi connectivity index (χ0n) is 16.8. The summed E-state index contributed by atoms with van der Waals surface area (Å²) in [4.78, 5) is 14.0. The van der Waals surface area contributed by atoms with Gasteiger partial charge in [-0.05, 0) is 62.8 Å². The van der Waals surface area contributed by atoms with Crippen LogP contribution in [0.3, 0.4) is 0 Å². The Kier molecular flexibility index (Phi) is 4.48. The van der Waals surface area contributed by atoms with E-state index in [0.717, 1.165) is 25.7 Å². The van der Waals surface area contributed by atoms with Gasteiger partial charge in [0.1, 0.15) is 0 Å². The molecule has 1 aromatic heterocycles. The lowest BCUT2D eigenvalue weighted by Crippen LogP contribution is -2.49. The van der Waals surface area contributed by atoms with E-state index in [2.05, 4.69) is 40.9 Å². The van der Waals surface area contributed by atoms with Crippen molar-refractivity contribution in [2.24, 2.45) is 5.92 Å². The predicted molar refractivity (Wildman–Crippen MR) is 109 cm³/mol. The normalized spacial score (nSPS) is 33.0. The van der Waals surface area contributed by atoms with Crippen LogP contribution in [0.25, 0.3) is 10.9 Å². The van der Waals surface area contributed by atoms with Crippen molar-refractivity contribution in [2.75, 3.05) is 20.7 Å². The molecule has 1 aromatic carbocycles. The number of hydrogen-bond donors (Lipinski definition) is 1. The van der Waals surface area contributed by atoms with Gasteiger partial charge < -0.3 is 19.3 Å². The summed E-state index contributed by atoms with van der Waals surface area (Å²) in [5.74, 6) is -0.610. The maximum absolute atomic E-state index is 11.7. The van der Waals surface area contributed by atoms with Gasteiger partial charge in [0.2, 0.25) is 0 Å². The summed E-state index contributed by atoms with van der Waals surface area (Å²) in [6.45, 7) is 0.656. The fraction of sp³-hybridized carbons (Fsp3) is 0.609. The molecule has 0 spiro atoms. The molecule has 2 aromatic rings. The van der Waals surface area contributed by atoms with Crippen molar-refractivity contribution in [3.63, 3.8) is 0 Å². The lowest BCUT2D eigenvalue weighted by atomic mass is 9.72. The SMILES string of the molecule is COC1CCC(n2cc3c4c(cccc42)[C@H]2CC(C(=O)O)CN(C)[C@@H]2C3)CC1. The van der Waals surface area contributed by atoms with Crippen LogP contribution in [0.2, 0.25) is 0 Å². The maximum atomic E-state index is 11.7. The van der Waals surface area contributed by atoms with Gasteiger partial charge in [-0.1, -0.05) is 12.1 Å². The number of methoxy groups -OCH3 is 1. The monoisotopic (exact) mass is 382 g/mol. The zero-order valence-corrected chi connectivity index (χ0v) is 16.8. The predicted octanol–water partition coefficient (Wildman–Crippen LogP) is 3.82. The van der Waals surface area contributed by atoms with E-state index in [1.807, 2.05) is 7.11 Å². The zero-order chi connectivity index (χ0) is 19.4. The van der Waals surface area contributed by atoms with E-state index in [9.17, 15) is 9.90 Å². The molecule has 3 aliphatic rings. The Morgan fingerprint density at radius 3 is 2.71 bits per heavy atom. The van der Waals surface area contributed by atoms with Gasteiger partial charge >= 0.3 is 5.97 Å². The van der Waals surface area contributed by atoms with Crippen LogP contribution in [-0.4, -0.2) is 53.4 Å². The summed E-state index contributed by atoms with van der Waals surface area (Å²) >= 11 is 0. The van der Waals surface area contributed by atoms with Crippen molar-refractivity contribution in [1.29, 1.82) is 0 Å². The van der Waals surface area contributed by atoms with Crippen molar-refractivity contribution in [2.45, 2.75) is 62.6 Å². The van der Waals surface area contributed by atoms with Crippen molar-refractivity contribution >= 4 is 16.9 Å². The van der Waals surface area contributed by atoms with Crippen LogP contribution in [0.1, 0.15) is 55.2 Å². The summed E-state index contributed by atoms with van der Waals surface area (Å²) in [6.07, 6.45) is 9.19. The highest BCUT2D eigenvalue weighted by Crippen LogP contribution is 2.46. The first kappa shape index (κ1) is 18.2. The Labute approximate surface area is 166 Å². The molecule has 5 nitrogen and oxygen atoms in total. The summed E-state index contributed by atoms with van der Waals surface area (Å²) in [6, 6.07) is 7.63. The summed E-state index contributed by atoms with van der Waals surface area (Å²) in [5.41, 5.74) is 4.15. The highest BCUT2D eigenvalue weighted by molar-refractivity contribution is 5.89. The molecule has 2 aliphatic carbocycles. The number of likely N-dealkylation sites (N-methyl/N-ethyl adjacent to an activating group) is 1. The van der Waals surface area contributed by atoms with E-state index in [1.165, 1.54) is 34.9 Å². The summed E-state index contributed by atoms with van der Waals surface area (Å²) in [7, 11) is 3.92. The molecule has 2 heterocycles. The molecule has 28 heavy (non-hydrogen) atoms. The Morgan fingerprint density at radius 1 is 1.21 bits per heavy atom. The van der Waals surface area contributed by atoms with Gasteiger partial charge in [-0.25, -0.2) is 0 Å². The molecule has 5 heteroatoms. The number of carbonyl (C=O) groups is 1. The second-order valence-corrected chi connectivity index (χ2v) is 9.06. The standard InChI is InChI=1S/C23H30N2O3/c1-24-12-15(23(26)27)10-19-18-4-3-5-20-22(18)14(11-21(19)24)13-25(20)16-6-8-17(28-2)9-7-16/h3-5,13,15-17,19,21H,6-12H2,1-2H3,(H,26,27)/t15?,16?,17?,19-,21-/m1/s1. The number of carboxylic acid groups (broad SMARTS) is 1. The van der Waals surface area contributed by atoms with Gasteiger partial charge in [-0.2, -0.15) is 0 Å². The highest BCUT2D eigenvalue weighted by Gasteiger charge is 2.42. The first-order valence-electron chi connectivity index (χ1n) is 10.6. The molecule has 150 valence electrons. The maximum Gasteiger partial charge on any atom is 0.307 e. The quantitative estimate of drug-likeness (QED) is 0.877. The topological polar surface area (TPSA) is 54.7 Å². The minimum Gasteiger partial charge on any atom is -0.481 e. The van der Waals surface area contributed by atoms with Gasteiger partial charge in [-0.3, -0.25) is 4.79 Å². The number of piperidine rings is 1. The number of likely N-dealkylation sites (tertiary alicyclic amines) is 1. The van der Waals surface area contributed by atoms with Crippen LogP contribution >= 0.6 is 0 Å². The van der Waals surface area contributed by atoms with Gasteiger partial charge in [-0.15, -0.1) is 0 Å². The molecule has 0 amide bonds. The van der Waals surface area contributed by atoms with E-state index in [-0.39, 0.29) is 5.92 Å². The van der Waals surface area contributed by atoms with Gasteiger partial charge in [0.05, 0.1) is 12.0 Å². The van der Waals surface area contributed by atoms with Crippen LogP contribution in [0.5, 0.6) is 0 Å². The molecule has 1 unspecified atom stereocenters. The third-order valence-electron chi connectivity index (χ3n) is 7.59. The minimum absolute atomic E-state index is 0.269. The number of aliphatic carboxylic acids is 1. The van der Waals surface area contributed by atoms with Crippen molar-refractivity contribution in [3.8, 4) is 0 Å². The van der Waals surface area contributed by atoms with Gasteiger partial charge in [0.15, 0.2) is 0 Å². The van der Waals surface area contributed by atoms with Crippen molar-refractivity contribution in [1.82, 2.24) is 9.47 Å². The number of benzene rings is 1. The number of rotatable bonds is 3. The molecule has 2 fully saturated rings. The molecule has 1 N–H and O–H groups in total. The number of carboxylic acids is 1. The lowest BCUT2D eigenvalue weighted by molar-refractivity contribution is -0.144. The minimum atomic E-state index is -0.657. The van der Waals surface area contributed by atoms with E-state index in [4.69, 9.17) is 4.74 Å². The second kappa shape index (κ2) is 6.89. The average Bonchev–Trinajstić information content (AvgIpc) is 3.08. The molecule has 1 saturated carbocycles. The Morgan fingerprint density at radius 2 is 2.00 bits per heavy atom. The molecule has 0 radical (unpaired) electrons. The van der Waals surface area contributed by atoms with Crippen molar-refractivity contribution in [3.05, 3.63) is 35.5 Å². The first-order valence-corrected chi connectivity index (χ1v) is 10.6. The Bertz CT molecular complexity index is 897. The highest BCUT2D eigenvalue weighted by atomic mass is 16.5. The number of ether oxygens (including phenoxy) is 1. The Balaban J connectivity index is 1.54. The van der Waals surface area contributed by atoms with E-state index in [0.29, 0.717) is 30.7 Å². The van der Waals surface area contributed by atoms with Crippen LogP contribution < -0.4 is 0 Å². The fourth-order valence-electron chi connectivity index (χ4n) is 6.11. The van der Waals surface area contributed by atoms with Crippen LogP contribution in [0.15, 0.2) is 24.4 Å². The largest absolute Gasteiger partial charge is 0.481 e. The fourth-order valence-corrected chi connectivity index (χ4v) is 6.11. The van der Waals surface area contributed by atoms with E-state index < -0.39 is 5.97 Å². The Hall–Kier alpha value is -1.85. The molecule has 1 aliphatic heterocycles.